The van der Waals surface area contributed by atoms with Crippen LogP contribution >= 0.6 is 11.8 Å². The summed E-state index contributed by atoms with van der Waals surface area (Å²) in [4.78, 5) is 0. The Kier molecular flexibility index (Phi) is 7.54. The van der Waals surface area contributed by atoms with E-state index in [2.05, 4.69) is 43.9 Å². The number of aryl methyl sites for hydroxylation is 2. The predicted octanol–water partition coefficient (Wildman–Crippen LogP) is 3.12. The molecule has 19 heavy (non-hydrogen) atoms. The van der Waals surface area contributed by atoms with Crippen molar-refractivity contribution in [2.45, 2.75) is 53.6 Å². The van der Waals surface area contributed by atoms with Gasteiger partial charge in [0.1, 0.15) is 0 Å². The third-order valence-corrected chi connectivity index (χ3v) is 3.87. The van der Waals surface area contributed by atoms with Gasteiger partial charge < -0.3 is 5.32 Å². The molecule has 3 nitrogen and oxygen atoms in total. The number of thioether (sulfide) groups is 1. The summed E-state index contributed by atoms with van der Waals surface area (Å²) >= 11 is 1.88. The minimum absolute atomic E-state index is 0.696. The molecule has 110 valence electrons. The smallest absolute Gasteiger partial charge is 0.0669 e. The van der Waals surface area contributed by atoms with Crippen molar-refractivity contribution >= 4 is 11.8 Å². The van der Waals surface area contributed by atoms with Gasteiger partial charge in [-0.25, -0.2) is 0 Å². The van der Waals surface area contributed by atoms with Crippen LogP contribution in [0.5, 0.6) is 0 Å². The second-order valence-electron chi connectivity index (χ2n) is 5.32. The highest BCUT2D eigenvalue weighted by atomic mass is 32.2. The van der Waals surface area contributed by atoms with E-state index in [4.69, 9.17) is 5.10 Å². The van der Waals surface area contributed by atoms with Gasteiger partial charge in [-0.3, -0.25) is 4.68 Å². The van der Waals surface area contributed by atoms with E-state index in [0.717, 1.165) is 38.2 Å². The maximum atomic E-state index is 4.80. The first-order valence-electron chi connectivity index (χ1n) is 7.41. The fourth-order valence-electron chi connectivity index (χ4n) is 2.32. The quantitative estimate of drug-likeness (QED) is 0.755. The van der Waals surface area contributed by atoms with Crippen molar-refractivity contribution in [3.05, 3.63) is 17.0 Å². The van der Waals surface area contributed by atoms with Crippen LogP contribution in [0.4, 0.5) is 0 Å². The molecule has 0 unspecified atom stereocenters. The number of nitrogens with zero attached hydrogens (tertiary/aromatic N) is 2. The number of nitrogens with one attached hydrogen (secondary N) is 1. The van der Waals surface area contributed by atoms with Crippen molar-refractivity contribution in [2.75, 3.05) is 18.6 Å². The predicted molar refractivity (Wildman–Crippen MR) is 85.9 cm³/mol. The molecular weight excluding hydrogens is 254 g/mol. The van der Waals surface area contributed by atoms with Gasteiger partial charge in [-0.15, -0.1) is 0 Å². The molecule has 1 rings (SSSR count). The molecule has 1 N–H and O–H groups in total. The Labute approximate surface area is 122 Å². The van der Waals surface area contributed by atoms with Gasteiger partial charge >= 0.3 is 0 Å². The van der Waals surface area contributed by atoms with Crippen molar-refractivity contribution in [1.29, 1.82) is 0 Å². The maximum Gasteiger partial charge on any atom is 0.0669 e. The molecule has 0 atom stereocenters. The molecular formula is C15H29N3S. The first-order valence-corrected chi connectivity index (χ1v) is 8.80. The van der Waals surface area contributed by atoms with Gasteiger partial charge in [0.05, 0.1) is 12.2 Å². The van der Waals surface area contributed by atoms with Gasteiger partial charge in [0.2, 0.25) is 0 Å². The van der Waals surface area contributed by atoms with Gasteiger partial charge in [0, 0.05) is 23.6 Å². The lowest BCUT2D eigenvalue weighted by molar-refractivity contribution is 0.548. The molecule has 0 saturated carbocycles. The van der Waals surface area contributed by atoms with Gasteiger partial charge in [-0.05, 0) is 31.6 Å². The number of hydrogen-bond donors (Lipinski definition) is 1. The Hall–Kier alpha value is -0.480. The molecule has 0 aromatic carbocycles. The van der Waals surface area contributed by atoms with Crippen LogP contribution < -0.4 is 5.32 Å². The fourth-order valence-corrected chi connectivity index (χ4v) is 2.68. The summed E-state index contributed by atoms with van der Waals surface area (Å²) in [6.45, 7) is 12.0. The average molecular weight is 283 g/mol. The van der Waals surface area contributed by atoms with Crippen LogP contribution in [-0.4, -0.2) is 28.3 Å². The Morgan fingerprint density at radius 2 is 2.00 bits per heavy atom. The SMILES string of the molecule is CCc1nn(CCSC)c(CC)c1CNCC(C)C. The zero-order chi connectivity index (χ0) is 14.3. The van der Waals surface area contributed by atoms with Crippen molar-refractivity contribution in [1.82, 2.24) is 15.1 Å². The molecule has 0 fully saturated rings. The van der Waals surface area contributed by atoms with E-state index in [1.165, 1.54) is 17.0 Å². The van der Waals surface area contributed by atoms with Gasteiger partial charge in [0.25, 0.3) is 0 Å². The van der Waals surface area contributed by atoms with Crippen molar-refractivity contribution < 1.29 is 0 Å². The third-order valence-electron chi connectivity index (χ3n) is 3.28. The zero-order valence-electron chi connectivity index (χ0n) is 13.1. The highest BCUT2D eigenvalue weighted by Gasteiger charge is 2.14. The summed E-state index contributed by atoms with van der Waals surface area (Å²) in [6.07, 6.45) is 4.25. The molecule has 4 heteroatoms. The van der Waals surface area contributed by atoms with Crippen LogP contribution in [0.1, 0.15) is 44.6 Å². The number of aromatic nitrogens is 2. The van der Waals surface area contributed by atoms with Gasteiger partial charge in [-0.2, -0.15) is 16.9 Å². The first kappa shape index (κ1) is 16.6. The lowest BCUT2D eigenvalue weighted by Crippen LogP contribution is -2.20. The lowest BCUT2D eigenvalue weighted by atomic mass is 10.1. The summed E-state index contributed by atoms with van der Waals surface area (Å²) in [5, 5.41) is 8.36. The van der Waals surface area contributed by atoms with Crippen LogP contribution in [0, 0.1) is 5.92 Å². The molecule has 1 heterocycles. The molecule has 0 amide bonds. The van der Waals surface area contributed by atoms with E-state index in [0.29, 0.717) is 5.92 Å². The topological polar surface area (TPSA) is 29.9 Å². The van der Waals surface area contributed by atoms with Crippen LogP contribution in [0.25, 0.3) is 0 Å². The van der Waals surface area contributed by atoms with Gasteiger partial charge in [0.15, 0.2) is 0 Å². The molecule has 0 aliphatic rings. The van der Waals surface area contributed by atoms with Crippen LogP contribution in [0.2, 0.25) is 0 Å². The van der Waals surface area contributed by atoms with Crippen molar-refractivity contribution in [3.8, 4) is 0 Å². The van der Waals surface area contributed by atoms with E-state index in [1.54, 1.807) is 0 Å². The molecule has 0 spiro atoms. The molecule has 1 aromatic heterocycles. The summed E-state index contributed by atoms with van der Waals surface area (Å²) in [5.41, 5.74) is 4.13. The lowest BCUT2D eigenvalue weighted by Gasteiger charge is -2.10. The molecule has 0 saturated heterocycles. The monoisotopic (exact) mass is 283 g/mol. The van der Waals surface area contributed by atoms with E-state index < -0.39 is 0 Å². The normalized spacial score (nSPS) is 11.5. The van der Waals surface area contributed by atoms with E-state index >= 15 is 0 Å². The Morgan fingerprint density at radius 3 is 2.53 bits per heavy atom. The van der Waals surface area contributed by atoms with Gasteiger partial charge in [-0.1, -0.05) is 27.7 Å². The summed E-state index contributed by atoms with van der Waals surface area (Å²) < 4.78 is 2.22. The van der Waals surface area contributed by atoms with Crippen LogP contribution in [0.15, 0.2) is 0 Å². The van der Waals surface area contributed by atoms with E-state index in [1.807, 2.05) is 11.8 Å². The van der Waals surface area contributed by atoms with Crippen LogP contribution in [-0.2, 0) is 25.9 Å². The van der Waals surface area contributed by atoms with Crippen molar-refractivity contribution in [3.63, 3.8) is 0 Å². The maximum absolute atomic E-state index is 4.80. The minimum Gasteiger partial charge on any atom is -0.312 e. The highest BCUT2D eigenvalue weighted by Crippen LogP contribution is 2.17. The standard InChI is InChI=1S/C15H29N3S/c1-6-14-13(11-16-10-12(3)4)15(7-2)18(17-14)8-9-19-5/h12,16H,6-11H2,1-5H3. The van der Waals surface area contributed by atoms with E-state index in [9.17, 15) is 0 Å². The van der Waals surface area contributed by atoms with Crippen LogP contribution in [0.3, 0.4) is 0 Å². The fraction of sp³-hybridized carbons (Fsp3) is 0.800. The summed E-state index contributed by atoms with van der Waals surface area (Å²) in [6, 6.07) is 0. The molecule has 0 radical (unpaired) electrons. The first-order chi connectivity index (χ1) is 9.13. The molecule has 0 aliphatic heterocycles. The Bertz CT molecular complexity index is 372. The van der Waals surface area contributed by atoms with E-state index in [-0.39, 0.29) is 0 Å². The zero-order valence-corrected chi connectivity index (χ0v) is 13.9. The Morgan fingerprint density at radius 1 is 1.26 bits per heavy atom. The molecule has 0 aliphatic carbocycles. The Balaban J connectivity index is 2.83. The summed E-state index contributed by atoms with van der Waals surface area (Å²) in [5.74, 6) is 1.83. The average Bonchev–Trinajstić information content (AvgIpc) is 2.73. The molecule has 1 aromatic rings. The highest BCUT2D eigenvalue weighted by molar-refractivity contribution is 7.98. The number of hydrogen-bond acceptors (Lipinski definition) is 3. The van der Waals surface area contributed by atoms with Crippen molar-refractivity contribution in [2.24, 2.45) is 5.92 Å². The third kappa shape index (κ3) is 4.84. The molecule has 0 bridgehead atoms. The second-order valence-corrected chi connectivity index (χ2v) is 6.31. The second kappa shape index (κ2) is 8.64. The summed E-state index contributed by atoms with van der Waals surface area (Å²) in [7, 11) is 0. The minimum atomic E-state index is 0.696. The largest absolute Gasteiger partial charge is 0.312 e. The number of rotatable bonds is 9.